The highest BCUT2D eigenvalue weighted by molar-refractivity contribution is 7.89. The van der Waals surface area contributed by atoms with Crippen molar-refractivity contribution in [2.45, 2.75) is 4.90 Å². The molecule has 0 aromatic heterocycles. The van der Waals surface area contributed by atoms with Crippen molar-refractivity contribution in [3.63, 3.8) is 0 Å². The van der Waals surface area contributed by atoms with E-state index in [1.165, 1.54) is 30.5 Å². The van der Waals surface area contributed by atoms with Crippen LogP contribution in [0.1, 0.15) is 5.56 Å². The fraction of sp³-hybridized carbons (Fsp3) is 0. The SMILES string of the molecule is O=S(=O)(NN=Cc1ccc(Cl)cc1)c1ccc(Cl)cc1. The van der Waals surface area contributed by atoms with Gasteiger partial charge in [0.2, 0.25) is 0 Å². The average molecular weight is 329 g/mol. The molecule has 2 rings (SSSR count). The quantitative estimate of drug-likeness (QED) is 0.691. The Hall–Kier alpha value is -1.56. The van der Waals surface area contributed by atoms with Gasteiger partial charge < -0.3 is 0 Å². The largest absolute Gasteiger partial charge is 0.276 e. The summed E-state index contributed by atoms with van der Waals surface area (Å²) in [5.41, 5.74) is 0.730. The lowest BCUT2D eigenvalue weighted by Crippen LogP contribution is -2.18. The van der Waals surface area contributed by atoms with Crippen molar-refractivity contribution in [3.8, 4) is 0 Å². The second-order valence-corrected chi connectivity index (χ2v) is 6.39. The van der Waals surface area contributed by atoms with Gasteiger partial charge in [-0.1, -0.05) is 35.3 Å². The zero-order chi connectivity index (χ0) is 14.6. The first-order chi connectivity index (χ1) is 9.47. The van der Waals surface area contributed by atoms with Crippen molar-refractivity contribution in [3.05, 3.63) is 64.1 Å². The minimum atomic E-state index is -3.69. The third-order valence-electron chi connectivity index (χ3n) is 2.38. The van der Waals surface area contributed by atoms with Gasteiger partial charge in [-0.05, 0) is 42.0 Å². The first kappa shape index (κ1) is 14.8. The van der Waals surface area contributed by atoms with Gasteiger partial charge in [-0.2, -0.15) is 13.5 Å². The monoisotopic (exact) mass is 328 g/mol. The van der Waals surface area contributed by atoms with Gasteiger partial charge in [-0.15, -0.1) is 0 Å². The summed E-state index contributed by atoms with van der Waals surface area (Å²) in [6.07, 6.45) is 1.39. The summed E-state index contributed by atoms with van der Waals surface area (Å²) >= 11 is 11.4. The number of hydrogen-bond acceptors (Lipinski definition) is 3. The van der Waals surface area contributed by atoms with Gasteiger partial charge in [0.1, 0.15) is 0 Å². The zero-order valence-corrected chi connectivity index (χ0v) is 12.5. The van der Waals surface area contributed by atoms with Gasteiger partial charge >= 0.3 is 0 Å². The molecule has 104 valence electrons. The summed E-state index contributed by atoms with van der Waals surface area (Å²) < 4.78 is 23.8. The molecule has 0 amide bonds. The number of hydrogen-bond donors (Lipinski definition) is 1. The molecule has 0 radical (unpaired) electrons. The molecule has 0 spiro atoms. The molecule has 0 aliphatic carbocycles. The first-order valence-corrected chi connectivity index (χ1v) is 7.77. The zero-order valence-electron chi connectivity index (χ0n) is 10.1. The smallest absolute Gasteiger partial charge is 0.200 e. The third-order valence-corrected chi connectivity index (χ3v) is 4.12. The second-order valence-electron chi connectivity index (χ2n) is 3.86. The Bertz CT molecular complexity index is 711. The van der Waals surface area contributed by atoms with Crippen LogP contribution in [-0.4, -0.2) is 14.6 Å². The lowest BCUT2D eigenvalue weighted by molar-refractivity contribution is 0.584. The van der Waals surface area contributed by atoms with Crippen molar-refractivity contribution in [2.75, 3.05) is 0 Å². The standard InChI is InChI=1S/C13H10Cl2N2O2S/c14-11-3-1-10(2-4-11)9-16-17-20(18,19)13-7-5-12(15)6-8-13/h1-9,17H. The summed E-state index contributed by atoms with van der Waals surface area (Å²) in [5, 5.41) is 4.77. The molecule has 2 aromatic carbocycles. The van der Waals surface area contributed by atoms with E-state index < -0.39 is 10.0 Å². The average Bonchev–Trinajstić information content (AvgIpc) is 2.41. The van der Waals surface area contributed by atoms with Crippen LogP contribution in [0.4, 0.5) is 0 Å². The lowest BCUT2D eigenvalue weighted by atomic mass is 10.2. The molecule has 0 heterocycles. The van der Waals surface area contributed by atoms with Gasteiger partial charge in [0, 0.05) is 10.0 Å². The summed E-state index contributed by atoms with van der Waals surface area (Å²) in [7, 11) is -3.69. The maximum atomic E-state index is 11.9. The molecule has 20 heavy (non-hydrogen) atoms. The number of nitrogens with zero attached hydrogens (tertiary/aromatic N) is 1. The van der Waals surface area contributed by atoms with E-state index in [4.69, 9.17) is 23.2 Å². The number of nitrogens with one attached hydrogen (secondary N) is 1. The van der Waals surface area contributed by atoms with Crippen LogP contribution < -0.4 is 4.83 Å². The fourth-order valence-electron chi connectivity index (χ4n) is 1.39. The maximum Gasteiger partial charge on any atom is 0.276 e. The Labute approximate surface area is 127 Å². The molecule has 0 aliphatic rings. The van der Waals surface area contributed by atoms with E-state index in [0.29, 0.717) is 10.0 Å². The van der Waals surface area contributed by atoms with Crippen molar-refractivity contribution < 1.29 is 8.42 Å². The molecular formula is C13H10Cl2N2O2S. The van der Waals surface area contributed by atoms with Gasteiger partial charge in [-0.3, -0.25) is 0 Å². The van der Waals surface area contributed by atoms with Gasteiger partial charge in [-0.25, -0.2) is 4.83 Å². The van der Waals surface area contributed by atoms with E-state index in [-0.39, 0.29) is 4.90 Å². The Morgan fingerprint density at radius 2 is 1.40 bits per heavy atom. The van der Waals surface area contributed by atoms with E-state index in [2.05, 4.69) is 9.93 Å². The van der Waals surface area contributed by atoms with Crippen LogP contribution in [0, 0.1) is 0 Å². The summed E-state index contributed by atoms with van der Waals surface area (Å²) in [5.74, 6) is 0. The maximum absolute atomic E-state index is 11.9. The molecule has 1 N–H and O–H groups in total. The van der Waals surface area contributed by atoms with Crippen molar-refractivity contribution >= 4 is 39.4 Å². The van der Waals surface area contributed by atoms with E-state index in [1.54, 1.807) is 24.3 Å². The Morgan fingerprint density at radius 1 is 0.900 bits per heavy atom. The molecule has 0 bridgehead atoms. The molecule has 4 nitrogen and oxygen atoms in total. The molecule has 7 heteroatoms. The van der Waals surface area contributed by atoms with E-state index in [1.807, 2.05) is 0 Å². The van der Waals surface area contributed by atoms with Gasteiger partial charge in [0.25, 0.3) is 10.0 Å². The van der Waals surface area contributed by atoms with E-state index >= 15 is 0 Å². The lowest BCUT2D eigenvalue weighted by Gasteiger charge is -2.03. The van der Waals surface area contributed by atoms with Crippen LogP contribution in [0.25, 0.3) is 0 Å². The summed E-state index contributed by atoms with van der Waals surface area (Å²) in [4.78, 5) is 2.22. The van der Waals surface area contributed by atoms with Crippen molar-refractivity contribution in [1.82, 2.24) is 4.83 Å². The summed E-state index contributed by atoms with van der Waals surface area (Å²) in [6.45, 7) is 0. The Morgan fingerprint density at radius 3 is 1.95 bits per heavy atom. The summed E-state index contributed by atoms with van der Waals surface area (Å²) in [6, 6.07) is 12.6. The molecule has 0 unspecified atom stereocenters. The van der Waals surface area contributed by atoms with Crippen LogP contribution in [0.3, 0.4) is 0 Å². The molecule has 0 atom stereocenters. The second kappa shape index (κ2) is 6.26. The number of halogens is 2. The molecular weight excluding hydrogens is 319 g/mol. The van der Waals surface area contributed by atoms with Crippen molar-refractivity contribution in [1.29, 1.82) is 0 Å². The minimum absolute atomic E-state index is 0.0927. The van der Waals surface area contributed by atoms with Crippen LogP contribution in [0.2, 0.25) is 10.0 Å². The highest BCUT2D eigenvalue weighted by atomic mass is 35.5. The minimum Gasteiger partial charge on any atom is -0.200 e. The predicted molar refractivity (Wildman–Crippen MR) is 80.8 cm³/mol. The van der Waals surface area contributed by atoms with Crippen LogP contribution in [-0.2, 0) is 10.0 Å². The number of hydrazone groups is 1. The molecule has 0 saturated carbocycles. The number of sulfonamides is 1. The van der Waals surface area contributed by atoms with Gasteiger partial charge in [0.05, 0.1) is 11.1 Å². The topological polar surface area (TPSA) is 58.5 Å². The normalized spacial score (nSPS) is 11.7. The first-order valence-electron chi connectivity index (χ1n) is 5.53. The molecule has 2 aromatic rings. The number of benzene rings is 2. The molecule has 0 fully saturated rings. The van der Waals surface area contributed by atoms with Crippen LogP contribution in [0.5, 0.6) is 0 Å². The molecule has 0 saturated heterocycles. The Kier molecular flexibility index (Phi) is 4.65. The highest BCUT2D eigenvalue weighted by Crippen LogP contribution is 2.13. The molecule has 0 aliphatic heterocycles. The van der Waals surface area contributed by atoms with Crippen molar-refractivity contribution in [2.24, 2.45) is 5.10 Å². The van der Waals surface area contributed by atoms with E-state index in [0.717, 1.165) is 5.56 Å². The highest BCUT2D eigenvalue weighted by Gasteiger charge is 2.11. The van der Waals surface area contributed by atoms with Crippen LogP contribution >= 0.6 is 23.2 Å². The Balaban J connectivity index is 2.09. The predicted octanol–water partition coefficient (Wildman–Crippen LogP) is 3.31. The number of rotatable bonds is 4. The van der Waals surface area contributed by atoms with Gasteiger partial charge in [0.15, 0.2) is 0 Å². The van der Waals surface area contributed by atoms with Crippen LogP contribution in [0.15, 0.2) is 58.5 Å². The third kappa shape index (κ3) is 3.96. The fourth-order valence-corrected chi connectivity index (χ4v) is 2.43. The van der Waals surface area contributed by atoms with E-state index in [9.17, 15) is 8.42 Å².